The first-order chi connectivity index (χ1) is 6.40. The Morgan fingerprint density at radius 3 is 2.85 bits per heavy atom. The highest BCUT2D eigenvalue weighted by Crippen LogP contribution is 2.31. The molecule has 0 unspecified atom stereocenters. The van der Waals surface area contributed by atoms with E-state index in [0.29, 0.717) is 18.1 Å². The van der Waals surface area contributed by atoms with Gasteiger partial charge in [0.25, 0.3) is 0 Å². The summed E-state index contributed by atoms with van der Waals surface area (Å²) < 4.78 is 10.8. The van der Waals surface area contributed by atoms with E-state index in [-0.39, 0.29) is 6.61 Å². The van der Waals surface area contributed by atoms with Gasteiger partial charge in [-0.15, -0.1) is 0 Å². The normalized spacial score (nSPS) is 17.5. The summed E-state index contributed by atoms with van der Waals surface area (Å²) in [6.07, 6.45) is 1.59. The molecular formula is C10H10O3. The molecule has 0 saturated carbocycles. The fourth-order valence-electron chi connectivity index (χ4n) is 1.18. The molecule has 0 amide bonds. The van der Waals surface area contributed by atoms with Gasteiger partial charge in [-0.05, 0) is 18.2 Å². The Hall–Kier alpha value is -1.48. The van der Waals surface area contributed by atoms with E-state index < -0.39 is 0 Å². The van der Waals surface area contributed by atoms with Crippen LogP contribution in [-0.4, -0.2) is 18.3 Å². The Morgan fingerprint density at radius 2 is 2.08 bits per heavy atom. The molecule has 3 nitrogen and oxygen atoms in total. The van der Waals surface area contributed by atoms with Crippen LogP contribution < -0.4 is 9.47 Å². The van der Waals surface area contributed by atoms with Crippen LogP contribution in [0.4, 0.5) is 0 Å². The summed E-state index contributed by atoms with van der Waals surface area (Å²) >= 11 is 0. The molecule has 0 atom stereocenters. The Morgan fingerprint density at radius 1 is 1.31 bits per heavy atom. The van der Waals surface area contributed by atoms with Crippen molar-refractivity contribution >= 4 is 0 Å². The summed E-state index contributed by atoms with van der Waals surface area (Å²) in [6.45, 7) is 0.360. The van der Waals surface area contributed by atoms with Crippen LogP contribution in [0, 0.1) is 0 Å². The smallest absolute Gasteiger partial charge is 0.168 e. The fraction of sp³-hybridized carbons (Fsp3) is 0.200. The molecule has 0 aliphatic carbocycles. The van der Waals surface area contributed by atoms with E-state index in [1.165, 1.54) is 0 Å². The van der Waals surface area contributed by atoms with Crippen LogP contribution in [0.1, 0.15) is 0 Å². The summed E-state index contributed by atoms with van der Waals surface area (Å²) in [5, 5.41) is 8.65. The SMILES string of the molecule is OC/C=C1/COc2ccccc2O1. The molecule has 0 fully saturated rings. The Kier molecular flexibility index (Phi) is 2.19. The van der Waals surface area contributed by atoms with Gasteiger partial charge in [-0.3, -0.25) is 0 Å². The molecule has 1 N–H and O–H groups in total. The zero-order valence-corrected chi connectivity index (χ0v) is 7.06. The van der Waals surface area contributed by atoms with Crippen molar-refractivity contribution in [3.05, 3.63) is 36.1 Å². The van der Waals surface area contributed by atoms with Crippen molar-refractivity contribution in [3.8, 4) is 11.5 Å². The van der Waals surface area contributed by atoms with Crippen molar-refractivity contribution in [2.75, 3.05) is 13.2 Å². The summed E-state index contributed by atoms with van der Waals surface area (Å²) in [5.74, 6) is 2.10. The number of hydrogen-bond donors (Lipinski definition) is 1. The number of aliphatic hydroxyl groups is 1. The maximum atomic E-state index is 8.65. The van der Waals surface area contributed by atoms with Gasteiger partial charge in [0.1, 0.15) is 12.4 Å². The fourth-order valence-corrected chi connectivity index (χ4v) is 1.18. The third-order valence-electron chi connectivity index (χ3n) is 1.78. The van der Waals surface area contributed by atoms with Crippen molar-refractivity contribution in [1.82, 2.24) is 0 Å². The molecule has 0 aromatic heterocycles. The first kappa shape index (κ1) is 8.13. The van der Waals surface area contributed by atoms with Gasteiger partial charge in [-0.2, -0.15) is 0 Å². The molecule has 1 aliphatic heterocycles. The van der Waals surface area contributed by atoms with Crippen LogP contribution in [0.5, 0.6) is 11.5 Å². The van der Waals surface area contributed by atoms with Crippen LogP contribution in [0.25, 0.3) is 0 Å². The quantitative estimate of drug-likeness (QED) is 0.705. The van der Waals surface area contributed by atoms with Gasteiger partial charge in [0.05, 0.1) is 6.61 Å². The minimum absolute atomic E-state index is 0.0269. The van der Waals surface area contributed by atoms with Crippen molar-refractivity contribution in [1.29, 1.82) is 0 Å². The van der Waals surface area contributed by atoms with Crippen LogP contribution >= 0.6 is 0 Å². The van der Waals surface area contributed by atoms with Gasteiger partial charge in [0, 0.05) is 0 Å². The average molecular weight is 178 g/mol. The third-order valence-corrected chi connectivity index (χ3v) is 1.78. The molecule has 0 spiro atoms. The lowest BCUT2D eigenvalue weighted by Gasteiger charge is -2.19. The number of benzene rings is 1. The highest BCUT2D eigenvalue weighted by atomic mass is 16.6. The highest BCUT2D eigenvalue weighted by Gasteiger charge is 2.13. The first-order valence-electron chi connectivity index (χ1n) is 4.10. The van der Waals surface area contributed by atoms with E-state index in [4.69, 9.17) is 14.6 Å². The standard InChI is InChI=1S/C10H10O3/c11-6-5-8-7-12-9-3-1-2-4-10(9)13-8/h1-5,11H,6-7H2/b8-5-. The maximum Gasteiger partial charge on any atom is 0.168 e. The van der Waals surface area contributed by atoms with Gasteiger partial charge >= 0.3 is 0 Å². The lowest BCUT2D eigenvalue weighted by Crippen LogP contribution is -2.13. The van der Waals surface area contributed by atoms with Crippen molar-refractivity contribution in [2.24, 2.45) is 0 Å². The largest absolute Gasteiger partial charge is 0.482 e. The zero-order chi connectivity index (χ0) is 9.10. The number of aliphatic hydroxyl groups excluding tert-OH is 1. The van der Waals surface area contributed by atoms with Crippen LogP contribution in [0.2, 0.25) is 0 Å². The van der Waals surface area contributed by atoms with E-state index in [2.05, 4.69) is 0 Å². The minimum atomic E-state index is -0.0269. The second-order valence-electron chi connectivity index (χ2n) is 2.69. The van der Waals surface area contributed by atoms with Crippen LogP contribution in [0.3, 0.4) is 0 Å². The molecule has 3 heteroatoms. The molecule has 68 valence electrons. The molecule has 0 radical (unpaired) electrons. The third kappa shape index (κ3) is 1.65. The molecule has 1 aromatic rings. The lowest BCUT2D eigenvalue weighted by molar-refractivity contribution is 0.226. The number of para-hydroxylation sites is 2. The monoisotopic (exact) mass is 178 g/mol. The van der Waals surface area contributed by atoms with Crippen LogP contribution in [0.15, 0.2) is 36.1 Å². The molecular weight excluding hydrogens is 168 g/mol. The predicted octanol–water partition coefficient (Wildman–Crippen LogP) is 1.33. The Labute approximate surface area is 76.2 Å². The van der Waals surface area contributed by atoms with Crippen molar-refractivity contribution in [2.45, 2.75) is 0 Å². The molecule has 1 heterocycles. The van der Waals surface area contributed by atoms with Gasteiger partial charge < -0.3 is 14.6 Å². The number of fused-ring (bicyclic) bond motifs is 1. The van der Waals surface area contributed by atoms with Gasteiger partial charge in [0.2, 0.25) is 0 Å². The van der Waals surface area contributed by atoms with Crippen molar-refractivity contribution in [3.63, 3.8) is 0 Å². The van der Waals surface area contributed by atoms with Crippen LogP contribution in [-0.2, 0) is 0 Å². The minimum Gasteiger partial charge on any atom is -0.482 e. The average Bonchev–Trinajstić information content (AvgIpc) is 2.18. The van der Waals surface area contributed by atoms with E-state index >= 15 is 0 Å². The predicted molar refractivity (Wildman–Crippen MR) is 47.7 cm³/mol. The molecule has 2 rings (SSSR count). The second-order valence-corrected chi connectivity index (χ2v) is 2.69. The molecule has 13 heavy (non-hydrogen) atoms. The number of hydrogen-bond acceptors (Lipinski definition) is 3. The summed E-state index contributed by atoms with van der Waals surface area (Å²) in [4.78, 5) is 0. The molecule has 1 aromatic carbocycles. The lowest BCUT2D eigenvalue weighted by atomic mass is 10.3. The van der Waals surface area contributed by atoms with E-state index in [0.717, 1.165) is 5.75 Å². The van der Waals surface area contributed by atoms with E-state index in [1.54, 1.807) is 6.08 Å². The van der Waals surface area contributed by atoms with Gasteiger partial charge in [-0.1, -0.05) is 12.1 Å². The molecule has 0 bridgehead atoms. The van der Waals surface area contributed by atoms with E-state index in [9.17, 15) is 0 Å². The Balaban J connectivity index is 2.24. The summed E-state index contributed by atoms with van der Waals surface area (Å²) in [6, 6.07) is 7.46. The summed E-state index contributed by atoms with van der Waals surface area (Å²) in [7, 11) is 0. The highest BCUT2D eigenvalue weighted by molar-refractivity contribution is 5.42. The van der Waals surface area contributed by atoms with E-state index in [1.807, 2.05) is 24.3 Å². The molecule has 1 aliphatic rings. The van der Waals surface area contributed by atoms with Gasteiger partial charge in [0.15, 0.2) is 11.5 Å². The molecule has 0 saturated heterocycles. The maximum absolute atomic E-state index is 8.65. The Bertz CT molecular complexity index is 331. The van der Waals surface area contributed by atoms with Gasteiger partial charge in [-0.25, -0.2) is 0 Å². The first-order valence-corrected chi connectivity index (χ1v) is 4.10. The number of ether oxygens (including phenoxy) is 2. The summed E-state index contributed by atoms with van der Waals surface area (Å²) in [5.41, 5.74) is 0. The van der Waals surface area contributed by atoms with Crippen molar-refractivity contribution < 1.29 is 14.6 Å². The zero-order valence-electron chi connectivity index (χ0n) is 7.06. The topological polar surface area (TPSA) is 38.7 Å². The number of rotatable bonds is 1. The second kappa shape index (κ2) is 3.49.